The summed E-state index contributed by atoms with van der Waals surface area (Å²) in [4.78, 5) is 11.1. The van der Waals surface area contributed by atoms with Crippen molar-refractivity contribution in [3.63, 3.8) is 0 Å². The molecular weight excluding hydrogens is 293 g/mol. The zero-order chi connectivity index (χ0) is 15.3. The maximum atomic E-state index is 12.1. The molecule has 0 atom stereocenters. The number of carbonyl (C=O) groups excluding carboxylic acids is 1. The second kappa shape index (κ2) is 6.56. The van der Waals surface area contributed by atoms with Gasteiger partial charge in [0.25, 0.3) is 0 Å². The van der Waals surface area contributed by atoms with Gasteiger partial charge in [-0.2, -0.15) is 18.3 Å². The number of Topliss-reactive ketones (excluding diaryl/α,β-unsaturated/α-hetero) is 1. The van der Waals surface area contributed by atoms with E-state index >= 15 is 0 Å². The lowest BCUT2D eigenvalue weighted by Crippen LogP contribution is -1.98. The molecule has 0 fully saturated rings. The molecule has 1 aromatic rings. The van der Waals surface area contributed by atoms with Crippen molar-refractivity contribution in [3.8, 4) is 0 Å². The Kier molecular flexibility index (Phi) is 5.32. The maximum absolute atomic E-state index is 12.1. The van der Waals surface area contributed by atoms with E-state index in [0.29, 0.717) is 0 Å². The number of alkyl halides is 3. The van der Waals surface area contributed by atoms with E-state index in [1.807, 2.05) is 0 Å². The summed E-state index contributed by atoms with van der Waals surface area (Å²) < 4.78 is 36.4. The van der Waals surface area contributed by atoms with Gasteiger partial charge in [0.05, 0.1) is 5.69 Å². The number of thioether (sulfide) groups is 1. The Morgan fingerprint density at radius 1 is 1.20 bits per heavy atom. The monoisotopic (exact) mass is 304 g/mol. The number of hydrogen-bond acceptors (Lipinski definition) is 5. The summed E-state index contributed by atoms with van der Waals surface area (Å²) in [6.07, 6.45) is 0. The molecule has 8 heteroatoms. The lowest BCUT2D eigenvalue weighted by atomic mass is 10.3. The number of benzene rings is 1. The van der Waals surface area contributed by atoms with Crippen molar-refractivity contribution in [2.45, 2.75) is 24.3 Å². The third kappa shape index (κ3) is 5.43. The predicted molar refractivity (Wildman–Crippen MR) is 68.9 cm³/mol. The van der Waals surface area contributed by atoms with E-state index in [-0.39, 0.29) is 33.8 Å². The van der Waals surface area contributed by atoms with Gasteiger partial charge in [0.1, 0.15) is 5.76 Å². The van der Waals surface area contributed by atoms with E-state index in [9.17, 15) is 23.1 Å². The molecule has 0 radical (unpaired) electrons. The lowest BCUT2D eigenvalue weighted by Gasteiger charge is -2.04. The van der Waals surface area contributed by atoms with Gasteiger partial charge in [0, 0.05) is 11.8 Å². The number of ketones is 1. The summed E-state index contributed by atoms with van der Waals surface area (Å²) >= 11 is -0.232. The molecule has 0 spiro atoms. The third-order valence-electron chi connectivity index (χ3n) is 2.01. The zero-order valence-electron chi connectivity index (χ0n) is 10.6. The summed E-state index contributed by atoms with van der Waals surface area (Å²) in [5.41, 5.74) is -4.27. The van der Waals surface area contributed by atoms with Crippen LogP contribution in [0.15, 0.2) is 50.8 Å². The van der Waals surface area contributed by atoms with Gasteiger partial charge in [-0.15, -0.1) is 5.11 Å². The molecule has 4 nitrogen and oxygen atoms in total. The van der Waals surface area contributed by atoms with Crippen LogP contribution in [0.3, 0.4) is 0 Å². The minimum absolute atomic E-state index is 0.0251. The number of aliphatic hydroxyl groups is 1. The van der Waals surface area contributed by atoms with Crippen LogP contribution in [0.1, 0.15) is 13.8 Å². The van der Waals surface area contributed by atoms with Crippen LogP contribution in [0.4, 0.5) is 18.9 Å². The Morgan fingerprint density at radius 2 is 1.75 bits per heavy atom. The number of halogens is 3. The Hall–Kier alpha value is -1.83. The van der Waals surface area contributed by atoms with E-state index in [1.54, 1.807) is 0 Å². The molecule has 0 aromatic heterocycles. The molecule has 0 amide bonds. The van der Waals surface area contributed by atoms with Gasteiger partial charge in [0.15, 0.2) is 11.5 Å². The fourth-order valence-corrected chi connectivity index (χ4v) is 1.76. The number of nitrogens with zero attached hydrogens (tertiary/aromatic N) is 2. The van der Waals surface area contributed by atoms with Gasteiger partial charge < -0.3 is 5.11 Å². The number of allylic oxidation sites excluding steroid dienone is 2. The standard InChI is InChI=1S/C12H11F3N2O2S/c1-7(18)11(8(2)19)17-16-9-3-5-10(6-4-9)20-12(13,14)15/h3-6,18H,1-2H3. The Morgan fingerprint density at radius 3 is 2.15 bits per heavy atom. The highest BCUT2D eigenvalue weighted by Gasteiger charge is 2.28. The highest BCUT2D eigenvalue weighted by Crippen LogP contribution is 2.37. The second-order valence-electron chi connectivity index (χ2n) is 3.73. The first kappa shape index (κ1) is 16.2. The average Bonchev–Trinajstić information content (AvgIpc) is 2.28. The predicted octanol–water partition coefficient (Wildman–Crippen LogP) is 4.76. The van der Waals surface area contributed by atoms with E-state index in [2.05, 4.69) is 10.2 Å². The van der Waals surface area contributed by atoms with Crippen LogP contribution in [-0.4, -0.2) is 16.4 Å². The van der Waals surface area contributed by atoms with Crippen LogP contribution >= 0.6 is 11.8 Å². The SMILES string of the molecule is CC(=O)C(N=Nc1ccc(SC(F)(F)F)cc1)=C(C)O. The number of carbonyl (C=O) groups is 1. The van der Waals surface area contributed by atoms with Gasteiger partial charge in [0.2, 0.25) is 0 Å². The minimum Gasteiger partial charge on any atom is -0.510 e. The molecule has 108 valence electrons. The average molecular weight is 304 g/mol. The first-order valence-corrected chi connectivity index (χ1v) is 6.19. The largest absolute Gasteiger partial charge is 0.510 e. The number of rotatable bonds is 4. The molecule has 0 unspecified atom stereocenters. The molecule has 1 N–H and O–H groups in total. The van der Waals surface area contributed by atoms with E-state index in [0.717, 1.165) is 0 Å². The van der Waals surface area contributed by atoms with Crippen molar-refractivity contribution in [2.75, 3.05) is 0 Å². The molecule has 0 saturated heterocycles. The van der Waals surface area contributed by atoms with E-state index in [1.165, 1.54) is 38.1 Å². The van der Waals surface area contributed by atoms with Crippen molar-refractivity contribution in [3.05, 3.63) is 35.7 Å². The van der Waals surface area contributed by atoms with Crippen molar-refractivity contribution >= 4 is 23.2 Å². The van der Waals surface area contributed by atoms with Crippen LogP contribution in [0, 0.1) is 0 Å². The molecule has 1 rings (SSSR count). The molecular formula is C12H11F3N2O2S. The molecule has 0 aliphatic rings. The summed E-state index contributed by atoms with van der Waals surface area (Å²) in [6, 6.07) is 5.16. The fourth-order valence-electron chi connectivity index (χ4n) is 1.22. The minimum atomic E-state index is -4.35. The first-order chi connectivity index (χ1) is 9.19. The molecule has 0 heterocycles. The summed E-state index contributed by atoms with van der Waals surface area (Å²) in [6.45, 7) is 2.51. The van der Waals surface area contributed by atoms with Crippen LogP contribution in [-0.2, 0) is 4.79 Å². The van der Waals surface area contributed by atoms with Crippen molar-refractivity contribution in [1.82, 2.24) is 0 Å². The smallest absolute Gasteiger partial charge is 0.446 e. The Balaban J connectivity index is 2.85. The molecule has 0 aliphatic heterocycles. The summed E-state index contributed by atoms with van der Waals surface area (Å²) in [5.74, 6) is -0.733. The fraction of sp³-hybridized carbons (Fsp3) is 0.250. The molecule has 0 saturated carbocycles. The number of azo groups is 1. The maximum Gasteiger partial charge on any atom is 0.446 e. The highest BCUT2D eigenvalue weighted by atomic mass is 32.2. The van der Waals surface area contributed by atoms with Crippen LogP contribution in [0.2, 0.25) is 0 Å². The van der Waals surface area contributed by atoms with Gasteiger partial charge in [-0.05, 0) is 43.0 Å². The Bertz CT molecular complexity index is 547. The third-order valence-corrected chi connectivity index (χ3v) is 2.75. The lowest BCUT2D eigenvalue weighted by molar-refractivity contribution is -0.113. The summed E-state index contributed by atoms with van der Waals surface area (Å²) in [5, 5.41) is 16.5. The van der Waals surface area contributed by atoms with Gasteiger partial charge >= 0.3 is 5.51 Å². The second-order valence-corrected chi connectivity index (χ2v) is 4.87. The topological polar surface area (TPSA) is 62.0 Å². The first-order valence-electron chi connectivity index (χ1n) is 5.37. The molecule has 0 bridgehead atoms. The zero-order valence-corrected chi connectivity index (χ0v) is 11.4. The van der Waals surface area contributed by atoms with E-state index < -0.39 is 11.3 Å². The van der Waals surface area contributed by atoms with Crippen molar-refractivity contribution in [1.29, 1.82) is 0 Å². The van der Waals surface area contributed by atoms with Crippen molar-refractivity contribution < 1.29 is 23.1 Å². The van der Waals surface area contributed by atoms with Gasteiger partial charge in [-0.1, -0.05) is 0 Å². The van der Waals surface area contributed by atoms with Crippen LogP contribution in [0.25, 0.3) is 0 Å². The van der Waals surface area contributed by atoms with Crippen LogP contribution < -0.4 is 0 Å². The highest BCUT2D eigenvalue weighted by molar-refractivity contribution is 8.00. The van der Waals surface area contributed by atoms with E-state index in [4.69, 9.17) is 0 Å². The normalized spacial score (nSPS) is 13.4. The van der Waals surface area contributed by atoms with Gasteiger partial charge in [-0.3, -0.25) is 4.79 Å². The van der Waals surface area contributed by atoms with Crippen molar-refractivity contribution in [2.24, 2.45) is 10.2 Å². The molecule has 1 aromatic carbocycles. The number of aliphatic hydroxyl groups excluding tert-OH is 1. The molecule has 0 aliphatic carbocycles. The van der Waals surface area contributed by atoms with Crippen LogP contribution in [0.5, 0.6) is 0 Å². The number of hydrogen-bond donors (Lipinski definition) is 1. The van der Waals surface area contributed by atoms with Gasteiger partial charge in [-0.25, -0.2) is 0 Å². The molecule has 20 heavy (non-hydrogen) atoms. The summed E-state index contributed by atoms with van der Waals surface area (Å²) in [7, 11) is 0. The quantitative estimate of drug-likeness (QED) is 0.377. The Labute approximate surface area is 117 Å².